The maximum Gasteiger partial charge on any atom is 0.231 e. The van der Waals surface area contributed by atoms with E-state index in [1.165, 1.54) is 6.42 Å². The molecule has 2 aliphatic heterocycles. The molecule has 4 unspecified atom stereocenters. The summed E-state index contributed by atoms with van der Waals surface area (Å²) in [5.74, 6) is 1.98. The molecule has 5 nitrogen and oxygen atoms in total. The monoisotopic (exact) mass is 279 g/mol. The van der Waals surface area contributed by atoms with Crippen LogP contribution < -0.4 is 5.73 Å². The molecule has 20 heavy (non-hydrogen) atoms. The van der Waals surface area contributed by atoms with E-state index >= 15 is 0 Å². The molecule has 4 atom stereocenters. The maximum absolute atomic E-state index is 5.88. The molecule has 3 rings (SSSR count). The molecule has 1 aromatic heterocycles. The number of nitrogens with two attached hydrogens (primary N) is 1. The normalized spacial score (nSPS) is 30.9. The zero-order valence-corrected chi connectivity index (χ0v) is 12.6. The van der Waals surface area contributed by atoms with Gasteiger partial charge in [0, 0.05) is 6.54 Å². The highest BCUT2D eigenvalue weighted by Gasteiger charge is 2.44. The van der Waals surface area contributed by atoms with Crippen molar-refractivity contribution in [1.82, 2.24) is 10.1 Å². The zero-order valence-electron chi connectivity index (χ0n) is 12.6. The topological polar surface area (TPSA) is 74.2 Å². The summed E-state index contributed by atoms with van der Waals surface area (Å²) in [6.07, 6.45) is 5.01. The molecule has 0 aromatic carbocycles. The SMILES string of the molecule is CC(C)(C)CC(CN)c1nc(C2CC3CCC2O3)no1. The molecule has 5 heteroatoms. The molecule has 2 fully saturated rings. The van der Waals surface area contributed by atoms with Gasteiger partial charge in [-0.05, 0) is 31.1 Å². The average Bonchev–Trinajstić information content (AvgIpc) is 3.09. The molecular formula is C15H25N3O2. The smallest absolute Gasteiger partial charge is 0.231 e. The third-order valence-corrected chi connectivity index (χ3v) is 4.39. The Balaban J connectivity index is 1.72. The first-order valence-corrected chi connectivity index (χ1v) is 7.65. The third-order valence-electron chi connectivity index (χ3n) is 4.39. The van der Waals surface area contributed by atoms with Crippen molar-refractivity contribution in [2.24, 2.45) is 11.1 Å². The molecule has 2 N–H and O–H groups in total. The molecule has 2 aliphatic rings. The highest BCUT2D eigenvalue weighted by molar-refractivity contribution is 5.08. The largest absolute Gasteiger partial charge is 0.374 e. The first-order valence-electron chi connectivity index (χ1n) is 7.65. The number of rotatable bonds is 4. The van der Waals surface area contributed by atoms with Crippen LogP contribution >= 0.6 is 0 Å². The average molecular weight is 279 g/mol. The Morgan fingerprint density at radius 2 is 2.15 bits per heavy atom. The van der Waals surface area contributed by atoms with Crippen LogP contribution in [-0.2, 0) is 4.74 Å². The lowest BCUT2D eigenvalue weighted by Gasteiger charge is -2.22. The third kappa shape index (κ3) is 2.74. The van der Waals surface area contributed by atoms with Gasteiger partial charge in [-0.3, -0.25) is 0 Å². The summed E-state index contributed by atoms with van der Waals surface area (Å²) in [6, 6.07) is 0. The Kier molecular flexibility index (Phi) is 3.58. The van der Waals surface area contributed by atoms with E-state index in [1.807, 2.05) is 0 Å². The molecule has 2 saturated heterocycles. The Bertz CT molecular complexity index is 466. The number of ether oxygens (including phenoxy) is 1. The number of nitrogens with zero attached hydrogens (tertiary/aromatic N) is 2. The summed E-state index contributed by atoms with van der Waals surface area (Å²) in [5.41, 5.74) is 6.09. The van der Waals surface area contributed by atoms with Crippen molar-refractivity contribution in [3.63, 3.8) is 0 Å². The first-order chi connectivity index (χ1) is 9.46. The van der Waals surface area contributed by atoms with Crippen LogP contribution in [0.5, 0.6) is 0 Å². The van der Waals surface area contributed by atoms with Crippen LogP contribution in [-0.4, -0.2) is 28.9 Å². The predicted octanol–water partition coefficient (Wildman–Crippen LogP) is 2.58. The second-order valence-electron chi connectivity index (χ2n) is 7.40. The number of aromatic nitrogens is 2. The fourth-order valence-corrected chi connectivity index (χ4v) is 3.48. The second kappa shape index (κ2) is 5.11. The van der Waals surface area contributed by atoms with E-state index in [1.54, 1.807) is 0 Å². The molecule has 0 radical (unpaired) electrons. The minimum absolute atomic E-state index is 0.149. The van der Waals surface area contributed by atoms with Crippen LogP contribution in [0.25, 0.3) is 0 Å². The van der Waals surface area contributed by atoms with Gasteiger partial charge in [-0.1, -0.05) is 25.9 Å². The van der Waals surface area contributed by atoms with Gasteiger partial charge in [0.15, 0.2) is 5.82 Å². The van der Waals surface area contributed by atoms with Crippen molar-refractivity contribution in [3.8, 4) is 0 Å². The highest BCUT2D eigenvalue weighted by Crippen LogP contribution is 2.43. The predicted molar refractivity (Wildman–Crippen MR) is 75.4 cm³/mol. The summed E-state index contributed by atoms with van der Waals surface area (Å²) in [5, 5.41) is 4.19. The van der Waals surface area contributed by atoms with Crippen LogP contribution in [0.1, 0.15) is 70.0 Å². The summed E-state index contributed by atoms with van der Waals surface area (Å²) < 4.78 is 11.4. The minimum atomic E-state index is 0.149. The fourth-order valence-electron chi connectivity index (χ4n) is 3.48. The van der Waals surface area contributed by atoms with Crippen LogP contribution in [0.2, 0.25) is 0 Å². The molecule has 1 aromatic rings. The van der Waals surface area contributed by atoms with Crippen LogP contribution in [0.3, 0.4) is 0 Å². The van der Waals surface area contributed by atoms with Crippen molar-refractivity contribution < 1.29 is 9.26 Å². The lowest BCUT2D eigenvalue weighted by atomic mass is 9.84. The fraction of sp³-hybridized carbons (Fsp3) is 0.867. The van der Waals surface area contributed by atoms with E-state index in [4.69, 9.17) is 15.0 Å². The molecular weight excluding hydrogens is 254 g/mol. The molecule has 2 bridgehead atoms. The van der Waals surface area contributed by atoms with Gasteiger partial charge in [0.1, 0.15) is 0 Å². The van der Waals surface area contributed by atoms with E-state index < -0.39 is 0 Å². The highest BCUT2D eigenvalue weighted by atomic mass is 16.5. The molecule has 0 saturated carbocycles. The van der Waals surface area contributed by atoms with Gasteiger partial charge in [-0.25, -0.2) is 0 Å². The summed E-state index contributed by atoms with van der Waals surface area (Å²) in [7, 11) is 0. The molecule has 3 heterocycles. The maximum atomic E-state index is 5.88. The van der Waals surface area contributed by atoms with Gasteiger partial charge < -0.3 is 15.0 Å². The molecule has 112 valence electrons. The number of hydrogen-bond donors (Lipinski definition) is 1. The number of fused-ring (bicyclic) bond motifs is 2. The lowest BCUT2D eigenvalue weighted by molar-refractivity contribution is 0.0996. The standard InChI is InChI=1S/C15H25N3O2/c1-15(2,3)7-9(8-16)14-17-13(18-20-14)11-6-10-4-5-12(11)19-10/h9-12H,4-8,16H2,1-3H3. The summed E-state index contributed by atoms with van der Waals surface area (Å²) in [4.78, 5) is 4.63. The van der Waals surface area contributed by atoms with Crippen molar-refractivity contribution in [2.45, 2.75) is 70.5 Å². The van der Waals surface area contributed by atoms with Crippen molar-refractivity contribution >= 4 is 0 Å². The Morgan fingerprint density at radius 1 is 1.35 bits per heavy atom. The van der Waals surface area contributed by atoms with Crippen molar-refractivity contribution in [2.75, 3.05) is 6.54 Å². The Labute approximate surface area is 120 Å². The van der Waals surface area contributed by atoms with E-state index in [0.29, 0.717) is 30.6 Å². The van der Waals surface area contributed by atoms with E-state index in [0.717, 1.165) is 25.1 Å². The Morgan fingerprint density at radius 3 is 2.70 bits per heavy atom. The molecule has 0 amide bonds. The van der Waals surface area contributed by atoms with Gasteiger partial charge in [0.05, 0.1) is 24.0 Å². The molecule has 0 aliphatic carbocycles. The zero-order chi connectivity index (χ0) is 14.3. The second-order valence-corrected chi connectivity index (χ2v) is 7.40. The van der Waals surface area contributed by atoms with Gasteiger partial charge in [0.2, 0.25) is 5.89 Å². The van der Waals surface area contributed by atoms with Crippen molar-refractivity contribution in [3.05, 3.63) is 11.7 Å². The Hall–Kier alpha value is -0.940. The summed E-state index contributed by atoms with van der Waals surface area (Å²) >= 11 is 0. The van der Waals surface area contributed by atoms with Gasteiger partial charge >= 0.3 is 0 Å². The van der Waals surface area contributed by atoms with Crippen LogP contribution in [0.15, 0.2) is 4.52 Å². The number of hydrogen-bond acceptors (Lipinski definition) is 5. The summed E-state index contributed by atoms with van der Waals surface area (Å²) in [6.45, 7) is 7.16. The van der Waals surface area contributed by atoms with Gasteiger partial charge in [-0.2, -0.15) is 4.98 Å². The lowest BCUT2D eigenvalue weighted by Crippen LogP contribution is -2.20. The molecule has 0 spiro atoms. The first kappa shape index (κ1) is 14.0. The minimum Gasteiger partial charge on any atom is -0.374 e. The van der Waals surface area contributed by atoms with Gasteiger partial charge in [0.25, 0.3) is 0 Å². The quantitative estimate of drug-likeness (QED) is 0.917. The van der Waals surface area contributed by atoms with Crippen LogP contribution in [0.4, 0.5) is 0 Å². The van der Waals surface area contributed by atoms with Gasteiger partial charge in [-0.15, -0.1) is 0 Å². The van der Waals surface area contributed by atoms with E-state index in [-0.39, 0.29) is 11.3 Å². The van der Waals surface area contributed by atoms with E-state index in [2.05, 4.69) is 30.9 Å². The van der Waals surface area contributed by atoms with E-state index in [9.17, 15) is 0 Å². The van der Waals surface area contributed by atoms with Crippen molar-refractivity contribution in [1.29, 1.82) is 0 Å². The van der Waals surface area contributed by atoms with Crippen LogP contribution in [0, 0.1) is 5.41 Å².